The SMILES string of the molecule is CC(NS(=O)(=O)c1ccc(-n2c(N)c3c(cc2=O)C(=O)NC3=O)cc1)C(=O)O. The van der Waals surface area contributed by atoms with Gasteiger partial charge in [0.2, 0.25) is 10.0 Å². The van der Waals surface area contributed by atoms with Crippen LogP contribution in [0.3, 0.4) is 0 Å². The minimum absolute atomic E-state index is 0.130. The van der Waals surface area contributed by atoms with Crippen molar-refractivity contribution in [3.63, 3.8) is 0 Å². The molecule has 1 unspecified atom stereocenters. The lowest BCUT2D eigenvalue weighted by molar-refractivity contribution is -0.138. The third kappa shape index (κ3) is 3.14. The van der Waals surface area contributed by atoms with Gasteiger partial charge in [0.05, 0.1) is 21.7 Å². The maximum atomic E-state index is 12.4. The molecule has 5 N–H and O–H groups in total. The average Bonchev–Trinajstić information content (AvgIpc) is 2.88. The van der Waals surface area contributed by atoms with Gasteiger partial charge in [-0.2, -0.15) is 4.72 Å². The van der Waals surface area contributed by atoms with Crippen molar-refractivity contribution in [2.24, 2.45) is 0 Å². The molecular formula is C16H14N4O7S. The maximum Gasteiger partial charge on any atom is 0.321 e. The summed E-state index contributed by atoms with van der Waals surface area (Å²) >= 11 is 0. The number of carbonyl (C=O) groups is 3. The van der Waals surface area contributed by atoms with Crippen LogP contribution in [0.15, 0.2) is 40.0 Å². The Balaban J connectivity index is 2.03. The summed E-state index contributed by atoms with van der Waals surface area (Å²) < 4.78 is 27.4. The number of imide groups is 1. The minimum Gasteiger partial charge on any atom is -0.480 e. The summed E-state index contributed by atoms with van der Waals surface area (Å²) in [5.74, 6) is -3.07. The summed E-state index contributed by atoms with van der Waals surface area (Å²) in [6, 6.07) is 4.45. The number of aromatic nitrogens is 1. The number of hydrogen-bond acceptors (Lipinski definition) is 7. The summed E-state index contributed by atoms with van der Waals surface area (Å²) in [7, 11) is -4.11. The normalized spacial score (nSPS) is 14.5. The molecule has 2 amide bonds. The quantitative estimate of drug-likeness (QED) is 0.459. The highest BCUT2D eigenvalue weighted by atomic mass is 32.2. The van der Waals surface area contributed by atoms with Gasteiger partial charge in [-0.25, -0.2) is 8.42 Å². The number of carbonyl (C=O) groups excluding carboxylic acids is 2. The van der Waals surface area contributed by atoms with Crippen LogP contribution < -0.4 is 21.3 Å². The molecule has 1 aromatic carbocycles. The zero-order chi connectivity index (χ0) is 20.8. The smallest absolute Gasteiger partial charge is 0.321 e. The van der Waals surface area contributed by atoms with Gasteiger partial charge in [0.25, 0.3) is 17.4 Å². The van der Waals surface area contributed by atoms with Crippen LogP contribution in [-0.4, -0.2) is 41.9 Å². The molecule has 1 aliphatic rings. The molecule has 11 nitrogen and oxygen atoms in total. The Labute approximate surface area is 157 Å². The summed E-state index contributed by atoms with van der Waals surface area (Å²) in [4.78, 5) is 46.5. The zero-order valence-corrected chi connectivity index (χ0v) is 15.1. The number of aliphatic carboxylic acids is 1. The predicted octanol–water partition coefficient (Wildman–Crippen LogP) is -0.945. The van der Waals surface area contributed by atoms with Crippen molar-refractivity contribution in [3.05, 3.63) is 51.8 Å². The summed E-state index contributed by atoms with van der Waals surface area (Å²) in [6.07, 6.45) is 0. The Morgan fingerprint density at radius 1 is 1.18 bits per heavy atom. The number of nitrogens with one attached hydrogen (secondary N) is 2. The molecule has 0 radical (unpaired) electrons. The molecular weight excluding hydrogens is 392 g/mol. The van der Waals surface area contributed by atoms with Crippen molar-refractivity contribution < 1.29 is 27.9 Å². The number of sulfonamides is 1. The van der Waals surface area contributed by atoms with Crippen molar-refractivity contribution in [1.82, 2.24) is 14.6 Å². The van der Waals surface area contributed by atoms with E-state index in [9.17, 15) is 27.6 Å². The molecule has 28 heavy (non-hydrogen) atoms. The molecule has 0 saturated heterocycles. The van der Waals surface area contributed by atoms with Crippen LogP contribution >= 0.6 is 0 Å². The van der Waals surface area contributed by atoms with E-state index in [1.807, 2.05) is 10.0 Å². The molecule has 3 rings (SSSR count). The highest BCUT2D eigenvalue weighted by molar-refractivity contribution is 7.89. The van der Waals surface area contributed by atoms with Crippen LogP contribution in [0.25, 0.3) is 5.69 Å². The van der Waals surface area contributed by atoms with Crippen molar-refractivity contribution in [1.29, 1.82) is 0 Å². The number of benzene rings is 1. The molecule has 2 aromatic rings. The van der Waals surface area contributed by atoms with Gasteiger partial charge >= 0.3 is 5.97 Å². The van der Waals surface area contributed by atoms with E-state index < -0.39 is 39.4 Å². The second-order valence-electron chi connectivity index (χ2n) is 5.95. The van der Waals surface area contributed by atoms with Crippen LogP contribution in [0.1, 0.15) is 27.6 Å². The lowest BCUT2D eigenvalue weighted by atomic mass is 10.1. The largest absolute Gasteiger partial charge is 0.480 e. The monoisotopic (exact) mass is 406 g/mol. The number of anilines is 1. The third-order valence-electron chi connectivity index (χ3n) is 4.06. The van der Waals surface area contributed by atoms with Gasteiger partial charge in [-0.05, 0) is 31.2 Å². The lowest BCUT2D eigenvalue weighted by Gasteiger charge is -2.13. The number of hydrogen-bond donors (Lipinski definition) is 4. The number of nitrogen functional groups attached to an aromatic ring is 1. The predicted molar refractivity (Wildman–Crippen MR) is 95.7 cm³/mol. The van der Waals surface area contributed by atoms with Crippen LogP contribution in [0, 0.1) is 0 Å². The number of rotatable bonds is 5. The van der Waals surface area contributed by atoms with Crippen LogP contribution in [0.2, 0.25) is 0 Å². The number of carboxylic acids is 1. The third-order valence-corrected chi connectivity index (χ3v) is 5.62. The lowest BCUT2D eigenvalue weighted by Crippen LogP contribution is -2.38. The highest BCUT2D eigenvalue weighted by Gasteiger charge is 2.32. The van der Waals surface area contributed by atoms with Crippen molar-refractivity contribution in [3.8, 4) is 5.69 Å². The van der Waals surface area contributed by atoms with E-state index >= 15 is 0 Å². The molecule has 146 valence electrons. The van der Waals surface area contributed by atoms with E-state index in [0.29, 0.717) is 0 Å². The number of carboxylic acid groups (broad SMARTS) is 1. The first kappa shape index (κ1) is 19.3. The van der Waals surface area contributed by atoms with Gasteiger partial charge < -0.3 is 10.8 Å². The number of nitrogens with zero attached hydrogens (tertiary/aromatic N) is 1. The highest BCUT2D eigenvalue weighted by Crippen LogP contribution is 2.23. The molecule has 0 saturated carbocycles. The Morgan fingerprint density at radius 3 is 2.36 bits per heavy atom. The van der Waals surface area contributed by atoms with Crippen LogP contribution in [0.4, 0.5) is 5.82 Å². The van der Waals surface area contributed by atoms with E-state index in [0.717, 1.165) is 22.8 Å². The molecule has 0 fully saturated rings. The molecule has 0 aliphatic carbocycles. The maximum absolute atomic E-state index is 12.4. The van der Waals surface area contributed by atoms with E-state index in [4.69, 9.17) is 10.8 Å². The molecule has 2 heterocycles. The molecule has 1 atom stereocenters. The summed E-state index contributed by atoms with van der Waals surface area (Å²) in [5, 5.41) is 10.9. The van der Waals surface area contributed by atoms with Crippen molar-refractivity contribution in [2.75, 3.05) is 5.73 Å². The van der Waals surface area contributed by atoms with Gasteiger partial charge in [0.15, 0.2) is 0 Å². The number of amides is 2. The molecule has 0 spiro atoms. The molecule has 1 aromatic heterocycles. The Kier molecular flexibility index (Phi) is 4.53. The number of nitrogens with two attached hydrogens (primary N) is 1. The van der Waals surface area contributed by atoms with Gasteiger partial charge in [-0.3, -0.25) is 29.1 Å². The van der Waals surface area contributed by atoms with E-state index in [1.165, 1.54) is 19.1 Å². The van der Waals surface area contributed by atoms with Gasteiger partial charge in [-0.15, -0.1) is 0 Å². The molecule has 1 aliphatic heterocycles. The van der Waals surface area contributed by atoms with E-state index in [-0.39, 0.29) is 27.5 Å². The van der Waals surface area contributed by atoms with E-state index in [1.54, 1.807) is 0 Å². The van der Waals surface area contributed by atoms with Gasteiger partial charge in [-0.1, -0.05) is 0 Å². The fourth-order valence-electron chi connectivity index (χ4n) is 2.67. The Morgan fingerprint density at radius 2 is 1.79 bits per heavy atom. The van der Waals surface area contributed by atoms with Crippen LogP contribution in [0.5, 0.6) is 0 Å². The number of pyridine rings is 1. The first-order valence-corrected chi connectivity index (χ1v) is 9.28. The summed E-state index contributed by atoms with van der Waals surface area (Å²) in [5.41, 5.74) is 5.10. The Bertz CT molecular complexity index is 1180. The van der Waals surface area contributed by atoms with E-state index in [2.05, 4.69) is 0 Å². The van der Waals surface area contributed by atoms with Gasteiger partial charge in [0.1, 0.15) is 11.9 Å². The first-order valence-electron chi connectivity index (χ1n) is 7.79. The van der Waals surface area contributed by atoms with Crippen molar-refractivity contribution in [2.45, 2.75) is 17.9 Å². The first-order chi connectivity index (χ1) is 13.0. The summed E-state index contributed by atoms with van der Waals surface area (Å²) in [6.45, 7) is 1.17. The standard InChI is InChI=1S/C16H14N4O7S/c1-7(16(24)25)19-28(26,27)9-4-2-8(3-5-9)20-11(21)6-10-12(13(20)17)15(23)18-14(10)22/h2-7,19H,17H2,1H3,(H,24,25)(H,18,22,23). The molecule has 12 heteroatoms. The second kappa shape index (κ2) is 6.58. The Hall–Kier alpha value is -3.51. The fraction of sp³-hybridized carbons (Fsp3) is 0.125. The van der Waals surface area contributed by atoms with Crippen molar-refractivity contribution >= 4 is 33.6 Å². The average molecular weight is 406 g/mol. The van der Waals surface area contributed by atoms with Gasteiger partial charge in [0, 0.05) is 6.07 Å². The topological polar surface area (TPSA) is 178 Å². The van der Waals surface area contributed by atoms with Crippen LogP contribution in [-0.2, 0) is 14.8 Å². The zero-order valence-electron chi connectivity index (χ0n) is 14.3. The molecule has 0 bridgehead atoms. The second-order valence-corrected chi connectivity index (χ2v) is 7.66. The fourth-order valence-corrected chi connectivity index (χ4v) is 3.87. The number of fused-ring (bicyclic) bond motifs is 1. The minimum atomic E-state index is -4.11.